The van der Waals surface area contributed by atoms with Gasteiger partial charge in [-0.25, -0.2) is 0 Å². The van der Waals surface area contributed by atoms with E-state index in [1.165, 1.54) is 11.8 Å². The molecule has 0 unspecified atom stereocenters. The SMILES string of the molecule is C=CCN1C(=O)/C(=C/c2cc(C)ccc2OCCOc2ccc(Br)cc2)SC1=S. The Balaban J connectivity index is 1.68. The van der Waals surface area contributed by atoms with Gasteiger partial charge < -0.3 is 9.47 Å². The van der Waals surface area contributed by atoms with Crippen molar-refractivity contribution in [2.24, 2.45) is 0 Å². The number of rotatable bonds is 8. The molecule has 3 rings (SSSR count). The van der Waals surface area contributed by atoms with Crippen molar-refractivity contribution in [1.29, 1.82) is 0 Å². The topological polar surface area (TPSA) is 38.8 Å². The summed E-state index contributed by atoms with van der Waals surface area (Å²) in [6.07, 6.45) is 3.50. The normalized spacial score (nSPS) is 15.1. The highest BCUT2D eigenvalue weighted by Gasteiger charge is 2.31. The number of carbonyl (C=O) groups excluding carboxylic acids is 1. The molecule has 0 radical (unpaired) electrons. The van der Waals surface area contributed by atoms with Crippen LogP contribution >= 0.6 is 39.9 Å². The molecule has 0 atom stereocenters. The molecular formula is C22H20BrNO3S2. The van der Waals surface area contributed by atoms with E-state index in [0.717, 1.165) is 21.3 Å². The summed E-state index contributed by atoms with van der Waals surface area (Å²) in [4.78, 5) is 14.7. The fourth-order valence-corrected chi connectivity index (χ4v) is 4.21. The second-order valence-corrected chi connectivity index (χ2v) is 8.86. The van der Waals surface area contributed by atoms with Crippen LogP contribution in [-0.2, 0) is 4.79 Å². The van der Waals surface area contributed by atoms with Crippen LogP contribution in [0, 0.1) is 6.92 Å². The van der Waals surface area contributed by atoms with E-state index in [4.69, 9.17) is 21.7 Å². The average Bonchev–Trinajstić information content (AvgIpc) is 2.96. The molecule has 0 spiro atoms. The number of hydrogen-bond acceptors (Lipinski definition) is 5. The largest absolute Gasteiger partial charge is 0.490 e. The Bertz CT molecular complexity index is 957. The smallest absolute Gasteiger partial charge is 0.266 e. The van der Waals surface area contributed by atoms with Crippen molar-refractivity contribution in [3.05, 3.63) is 75.6 Å². The minimum atomic E-state index is -0.106. The van der Waals surface area contributed by atoms with Gasteiger partial charge in [0.1, 0.15) is 29.0 Å². The van der Waals surface area contributed by atoms with Crippen LogP contribution in [0.15, 0.2) is 64.5 Å². The van der Waals surface area contributed by atoms with Crippen LogP contribution in [0.25, 0.3) is 6.08 Å². The van der Waals surface area contributed by atoms with Crippen LogP contribution in [0.2, 0.25) is 0 Å². The molecule has 2 aromatic rings. The van der Waals surface area contributed by atoms with Gasteiger partial charge in [0.15, 0.2) is 0 Å². The Morgan fingerprint density at radius 2 is 1.90 bits per heavy atom. The van der Waals surface area contributed by atoms with Gasteiger partial charge in [0.2, 0.25) is 0 Å². The number of ether oxygens (including phenoxy) is 2. The lowest BCUT2D eigenvalue weighted by molar-refractivity contribution is -0.121. The van der Waals surface area contributed by atoms with Crippen molar-refractivity contribution in [1.82, 2.24) is 4.90 Å². The van der Waals surface area contributed by atoms with E-state index < -0.39 is 0 Å². The fourth-order valence-electron chi connectivity index (χ4n) is 2.68. The predicted molar refractivity (Wildman–Crippen MR) is 126 cm³/mol. The van der Waals surface area contributed by atoms with E-state index in [2.05, 4.69) is 22.5 Å². The minimum absolute atomic E-state index is 0.106. The molecule has 4 nitrogen and oxygen atoms in total. The van der Waals surface area contributed by atoms with Gasteiger partial charge >= 0.3 is 0 Å². The zero-order valence-corrected chi connectivity index (χ0v) is 19.1. The van der Waals surface area contributed by atoms with Crippen LogP contribution < -0.4 is 9.47 Å². The number of aryl methyl sites for hydroxylation is 1. The van der Waals surface area contributed by atoms with Crippen molar-refractivity contribution in [3.63, 3.8) is 0 Å². The van der Waals surface area contributed by atoms with E-state index in [0.29, 0.717) is 34.7 Å². The summed E-state index contributed by atoms with van der Waals surface area (Å²) < 4.78 is 13.2. The molecule has 29 heavy (non-hydrogen) atoms. The van der Waals surface area contributed by atoms with Gasteiger partial charge in [-0.2, -0.15) is 0 Å². The van der Waals surface area contributed by atoms with Gasteiger partial charge in [-0.1, -0.05) is 57.6 Å². The lowest BCUT2D eigenvalue weighted by Crippen LogP contribution is -2.27. The zero-order chi connectivity index (χ0) is 20.8. The first-order valence-corrected chi connectivity index (χ1v) is 11.0. The average molecular weight is 490 g/mol. The zero-order valence-electron chi connectivity index (χ0n) is 15.9. The number of hydrogen-bond donors (Lipinski definition) is 0. The second kappa shape index (κ2) is 10.1. The molecule has 7 heteroatoms. The first-order valence-electron chi connectivity index (χ1n) is 8.96. The van der Waals surface area contributed by atoms with Crippen molar-refractivity contribution < 1.29 is 14.3 Å². The number of halogens is 1. The van der Waals surface area contributed by atoms with Crippen LogP contribution in [0.5, 0.6) is 11.5 Å². The van der Waals surface area contributed by atoms with Gasteiger partial charge in [-0.3, -0.25) is 9.69 Å². The molecule has 2 aromatic carbocycles. The lowest BCUT2D eigenvalue weighted by Gasteiger charge is -2.12. The summed E-state index contributed by atoms with van der Waals surface area (Å²) in [7, 11) is 0. The third-order valence-corrected chi connectivity index (χ3v) is 5.97. The number of carbonyl (C=O) groups is 1. The molecule has 1 amide bonds. The maximum Gasteiger partial charge on any atom is 0.266 e. The van der Waals surface area contributed by atoms with Crippen LogP contribution in [0.4, 0.5) is 0 Å². The standard InChI is InChI=1S/C22H20BrNO3S2/c1-3-10-24-21(25)20(29-22(24)28)14-16-13-15(2)4-9-19(16)27-12-11-26-18-7-5-17(23)6-8-18/h3-9,13-14H,1,10-12H2,2H3/b20-14-. The Morgan fingerprint density at radius 1 is 1.17 bits per heavy atom. The quantitative estimate of drug-likeness (QED) is 0.208. The molecule has 0 saturated carbocycles. The maximum atomic E-state index is 12.6. The van der Waals surface area contributed by atoms with E-state index in [1.807, 2.05) is 55.5 Å². The van der Waals surface area contributed by atoms with E-state index in [9.17, 15) is 4.79 Å². The molecule has 1 heterocycles. The summed E-state index contributed by atoms with van der Waals surface area (Å²) >= 11 is 10.00. The van der Waals surface area contributed by atoms with Gasteiger partial charge in [0.05, 0.1) is 4.91 Å². The van der Waals surface area contributed by atoms with Crippen molar-refractivity contribution >= 4 is 56.2 Å². The summed E-state index contributed by atoms with van der Waals surface area (Å²) in [5.41, 5.74) is 1.92. The summed E-state index contributed by atoms with van der Waals surface area (Å²) in [5, 5.41) is 0. The summed E-state index contributed by atoms with van der Waals surface area (Å²) in [5.74, 6) is 1.38. The van der Waals surface area contributed by atoms with Crippen LogP contribution in [-0.4, -0.2) is 34.9 Å². The molecule has 0 N–H and O–H groups in total. The molecule has 0 aromatic heterocycles. The van der Waals surface area contributed by atoms with E-state index in [1.54, 1.807) is 11.0 Å². The highest BCUT2D eigenvalue weighted by Crippen LogP contribution is 2.34. The first kappa shape index (κ1) is 21.6. The molecule has 0 aliphatic carbocycles. The third-order valence-electron chi connectivity index (χ3n) is 4.06. The summed E-state index contributed by atoms with van der Waals surface area (Å²) in [6, 6.07) is 13.5. The first-order chi connectivity index (χ1) is 14.0. The minimum Gasteiger partial charge on any atom is -0.490 e. The molecule has 1 aliphatic rings. The fraction of sp³-hybridized carbons (Fsp3) is 0.182. The molecule has 1 fully saturated rings. The van der Waals surface area contributed by atoms with E-state index in [-0.39, 0.29) is 5.91 Å². The third kappa shape index (κ3) is 5.72. The van der Waals surface area contributed by atoms with Gasteiger partial charge in [-0.05, 0) is 49.4 Å². The highest BCUT2D eigenvalue weighted by molar-refractivity contribution is 9.10. The number of nitrogens with zero attached hydrogens (tertiary/aromatic N) is 1. The van der Waals surface area contributed by atoms with E-state index >= 15 is 0 Å². The Hall–Kier alpha value is -2.09. The molecule has 1 aliphatic heterocycles. The second-order valence-electron chi connectivity index (χ2n) is 6.27. The predicted octanol–water partition coefficient (Wildman–Crippen LogP) is 5.60. The van der Waals surface area contributed by atoms with Crippen LogP contribution in [0.1, 0.15) is 11.1 Å². The Morgan fingerprint density at radius 3 is 2.62 bits per heavy atom. The number of thiocarbonyl (C=S) groups is 1. The van der Waals surface area contributed by atoms with Gasteiger partial charge in [0.25, 0.3) is 5.91 Å². The van der Waals surface area contributed by atoms with Crippen molar-refractivity contribution in [2.45, 2.75) is 6.92 Å². The Labute approximate surface area is 188 Å². The number of amides is 1. The maximum absolute atomic E-state index is 12.6. The monoisotopic (exact) mass is 489 g/mol. The molecular weight excluding hydrogens is 470 g/mol. The molecule has 0 bridgehead atoms. The number of thioether (sulfide) groups is 1. The summed E-state index contributed by atoms with van der Waals surface area (Å²) in [6.45, 7) is 6.89. The van der Waals surface area contributed by atoms with Crippen LogP contribution in [0.3, 0.4) is 0 Å². The van der Waals surface area contributed by atoms with Crippen molar-refractivity contribution in [3.8, 4) is 11.5 Å². The van der Waals surface area contributed by atoms with Crippen molar-refractivity contribution in [2.75, 3.05) is 19.8 Å². The van der Waals surface area contributed by atoms with Gasteiger partial charge in [-0.15, -0.1) is 6.58 Å². The van der Waals surface area contributed by atoms with Gasteiger partial charge in [0, 0.05) is 16.6 Å². The molecule has 150 valence electrons. The number of benzene rings is 2. The highest BCUT2D eigenvalue weighted by atomic mass is 79.9. The Kier molecular flexibility index (Phi) is 7.52. The lowest BCUT2D eigenvalue weighted by atomic mass is 10.1. The molecule has 1 saturated heterocycles.